The van der Waals surface area contributed by atoms with Gasteiger partial charge in [0.15, 0.2) is 0 Å². The number of rotatable bonds is 3. The number of amides is 1. The van der Waals surface area contributed by atoms with E-state index in [1.165, 1.54) is 16.4 Å². The minimum atomic E-state index is -4.41. The number of thiophene rings is 1. The molecule has 5 nitrogen and oxygen atoms in total. The van der Waals surface area contributed by atoms with Crippen molar-refractivity contribution in [3.05, 3.63) is 51.9 Å². The fourth-order valence-electron chi connectivity index (χ4n) is 2.87. The summed E-state index contributed by atoms with van der Waals surface area (Å²) >= 11 is 0.907. The van der Waals surface area contributed by atoms with Crippen LogP contribution in [0.25, 0.3) is 0 Å². The van der Waals surface area contributed by atoms with E-state index in [-0.39, 0.29) is 22.2 Å². The second-order valence-electron chi connectivity index (χ2n) is 7.48. The Labute approximate surface area is 165 Å². The van der Waals surface area contributed by atoms with E-state index in [2.05, 4.69) is 5.32 Å². The molecule has 1 aromatic carbocycles. The third-order valence-corrected chi connectivity index (χ3v) is 8.16. The predicted octanol–water partition coefficient (Wildman–Crippen LogP) is 4.00. The molecule has 10 heteroatoms. The molecular weight excluding hydrogens is 413 g/mol. The van der Waals surface area contributed by atoms with Crippen LogP contribution < -0.4 is 5.32 Å². The molecule has 0 atom stereocenters. The van der Waals surface area contributed by atoms with Gasteiger partial charge in [0.1, 0.15) is 4.21 Å². The number of sulfonamides is 1. The number of hydrogen-bond donors (Lipinski definition) is 1. The summed E-state index contributed by atoms with van der Waals surface area (Å²) in [5.74, 6) is -0.461. The maximum atomic E-state index is 12.7. The van der Waals surface area contributed by atoms with Crippen LogP contribution in [0.4, 0.5) is 13.2 Å². The van der Waals surface area contributed by atoms with Gasteiger partial charge in [-0.3, -0.25) is 4.79 Å². The molecule has 1 aliphatic rings. The lowest BCUT2D eigenvalue weighted by atomic mass is 10.1. The van der Waals surface area contributed by atoms with Crippen molar-refractivity contribution in [3.63, 3.8) is 0 Å². The van der Waals surface area contributed by atoms with Crippen molar-refractivity contribution in [1.29, 1.82) is 0 Å². The summed E-state index contributed by atoms with van der Waals surface area (Å²) in [6.45, 7) is 5.67. The first kappa shape index (κ1) is 20.8. The molecule has 1 amide bonds. The van der Waals surface area contributed by atoms with Crippen LogP contribution >= 0.6 is 11.3 Å². The number of alkyl halides is 3. The second-order valence-corrected chi connectivity index (χ2v) is 10.6. The number of nitrogens with zero attached hydrogens (tertiary/aromatic N) is 1. The minimum Gasteiger partial charge on any atom is -0.347 e. The van der Waals surface area contributed by atoms with E-state index in [4.69, 9.17) is 0 Å². The molecule has 3 rings (SSSR count). The Kier molecular flexibility index (Phi) is 5.10. The maximum absolute atomic E-state index is 12.7. The summed E-state index contributed by atoms with van der Waals surface area (Å²) in [5.41, 5.74) is -0.231. The zero-order valence-electron chi connectivity index (χ0n) is 15.4. The van der Waals surface area contributed by atoms with Crippen molar-refractivity contribution >= 4 is 27.3 Å². The monoisotopic (exact) mass is 432 g/mol. The van der Waals surface area contributed by atoms with Gasteiger partial charge >= 0.3 is 6.18 Å². The summed E-state index contributed by atoms with van der Waals surface area (Å²) in [6, 6.07) is 6.06. The van der Waals surface area contributed by atoms with Gasteiger partial charge in [0.2, 0.25) is 0 Å². The molecule has 0 radical (unpaired) electrons. The van der Waals surface area contributed by atoms with Gasteiger partial charge in [0.25, 0.3) is 15.9 Å². The number of hydrogen-bond acceptors (Lipinski definition) is 4. The summed E-state index contributed by atoms with van der Waals surface area (Å²) in [4.78, 5) is 12.6. The van der Waals surface area contributed by atoms with Gasteiger partial charge in [-0.2, -0.15) is 17.5 Å². The zero-order chi connectivity index (χ0) is 20.9. The highest BCUT2D eigenvalue weighted by atomic mass is 32.2. The highest BCUT2D eigenvalue weighted by molar-refractivity contribution is 7.91. The molecular formula is C18H19F3N2O3S2. The van der Waals surface area contributed by atoms with Crippen molar-refractivity contribution < 1.29 is 26.4 Å². The smallest absolute Gasteiger partial charge is 0.347 e. The fraction of sp³-hybridized carbons (Fsp3) is 0.389. The Balaban J connectivity index is 1.70. The number of carbonyl (C=O) groups excluding carboxylic acids is 1. The van der Waals surface area contributed by atoms with Crippen LogP contribution in [0.2, 0.25) is 0 Å². The largest absolute Gasteiger partial charge is 0.416 e. The Hall–Kier alpha value is -1.91. The molecule has 2 aromatic rings. The Morgan fingerprint density at radius 1 is 1.18 bits per heavy atom. The van der Waals surface area contributed by atoms with Crippen LogP contribution in [0.15, 0.2) is 34.5 Å². The van der Waals surface area contributed by atoms with Crippen LogP contribution in [0.3, 0.4) is 0 Å². The van der Waals surface area contributed by atoms with Gasteiger partial charge in [-0.1, -0.05) is 12.1 Å². The number of benzene rings is 1. The molecule has 1 aromatic heterocycles. The molecule has 1 aliphatic heterocycles. The SMILES string of the molecule is CC(C)(C)N1Cc2cc(C(=O)NCc3ccc(C(F)(F)F)cc3)sc2S1(=O)=O. The molecule has 152 valence electrons. The molecule has 2 heterocycles. The predicted molar refractivity (Wildman–Crippen MR) is 99.4 cm³/mol. The quantitative estimate of drug-likeness (QED) is 0.797. The average Bonchev–Trinajstić information content (AvgIpc) is 3.10. The molecule has 0 spiro atoms. The van der Waals surface area contributed by atoms with Crippen LogP contribution in [0, 0.1) is 0 Å². The third kappa shape index (κ3) is 3.94. The van der Waals surface area contributed by atoms with Crippen LogP contribution in [-0.2, 0) is 29.3 Å². The lowest BCUT2D eigenvalue weighted by molar-refractivity contribution is -0.137. The normalized spacial score (nSPS) is 16.8. The molecule has 0 aliphatic carbocycles. The van der Waals surface area contributed by atoms with E-state index in [0.29, 0.717) is 11.1 Å². The summed E-state index contributed by atoms with van der Waals surface area (Å²) < 4.78 is 64.6. The first-order valence-corrected chi connectivity index (χ1v) is 10.7. The number of fused-ring (bicyclic) bond motifs is 1. The Morgan fingerprint density at radius 2 is 1.79 bits per heavy atom. The van der Waals surface area contributed by atoms with Crippen LogP contribution in [-0.4, -0.2) is 24.2 Å². The zero-order valence-corrected chi connectivity index (χ0v) is 17.1. The third-order valence-electron chi connectivity index (χ3n) is 4.31. The van der Waals surface area contributed by atoms with E-state index in [1.807, 2.05) is 0 Å². The average molecular weight is 432 g/mol. The molecule has 0 saturated heterocycles. The number of nitrogens with one attached hydrogen (secondary N) is 1. The summed E-state index contributed by atoms with van der Waals surface area (Å²) in [6.07, 6.45) is -4.41. The first-order chi connectivity index (χ1) is 12.8. The molecule has 28 heavy (non-hydrogen) atoms. The summed E-state index contributed by atoms with van der Waals surface area (Å²) in [5, 5.41) is 2.61. The highest BCUT2D eigenvalue weighted by Crippen LogP contribution is 2.40. The lowest BCUT2D eigenvalue weighted by Gasteiger charge is -2.29. The van der Waals surface area contributed by atoms with Gasteiger partial charge in [-0.25, -0.2) is 8.42 Å². The number of carbonyl (C=O) groups is 1. The second kappa shape index (κ2) is 6.85. The van der Waals surface area contributed by atoms with Crippen LogP contribution in [0.1, 0.15) is 47.1 Å². The summed E-state index contributed by atoms with van der Waals surface area (Å²) in [7, 11) is -3.64. The van der Waals surface area contributed by atoms with Gasteiger partial charge in [0.05, 0.1) is 10.4 Å². The molecule has 0 unspecified atom stereocenters. The van der Waals surface area contributed by atoms with Crippen molar-refractivity contribution in [3.8, 4) is 0 Å². The molecule has 0 bridgehead atoms. The van der Waals surface area contributed by atoms with Gasteiger partial charge in [-0.15, -0.1) is 11.3 Å². The standard InChI is InChI=1S/C18H19F3N2O3S2/c1-17(2,3)23-10-12-8-14(27-16(12)28(23,25)26)15(24)22-9-11-4-6-13(7-5-11)18(19,20)21/h4-8H,9-10H2,1-3H3,(H,22,24). The van der Waals surface area contributed by atoms with E-state index in [1.54, 1.807) is 26.8 Å². The van der Waals surface area contributed by atoms with E-state index in [0.717, 1.165) is 23.5 Å². The van der Waals surface area contributed by atoms with Crippen molar-refractivity contribution in [2.45, 2.75) is 49.8 Å². The van der Waals surface area contributed by atoms with Gasteiger partial charge in [0, 0.05) is 18.6 Å². The lowest BCUT2D eigenvalue weighted by Crippen LogP contribution is -2.41. The van der Waals surface area contributed by atoms with E-state index in [9.17, 15) is 26.4 Å². The fourth-order valence-corrected chi connectivity index (χ4v) is 6.34. The van der Waals surface area contributed by atoms with Crippen molar-refractivity contribution in [2.75, 3.05) is 0 Å². The van der Waals surface area contributed by atoms with Crippen molar-refractivity contribution in [2.24, 2.45) is 0 Å². The highest BCUT2D eigenvalue weighted by Gasteiger charge is 2.43. The van der Waals surface area contributed by atoms with E-state index >= 15 is 0 Å². The topological polar surface area (TPSA) is 66.5 Å². The number of halogens is 3. The Morgan fingerprint density at radius 3 is 2.29 bits per heavy atom. The van der Waals surface area contributed by atoms with E-state index < -0.39 is 33.2 Å². The van der Waals surface area contributed by atoms with Crippen molar-refractivity contribution in [1.82, 2.24) is 9.62 Å². The first-order valence-electron chi connectivity index (χ1n) is 8.40. The van der Waals surface area contributed by atoms with Gasteiger partial charge in [-0.05, 0) is 50.1 Å². The Bertz CT molecular complexity index is 1000. The minimum absolute atomic E-state index is 0.0421. The molecule has 0 saturated carbocycles. The molecule has 0 fully saturated rings. The van der Waals surface area contributed by atoms with Gasteiger partial charge < -0.3 is 5.32 Å². The van der Waals surface area contributed by atoms with Crippen LogP contribution in [0.5, 0.6) is 0 Å². The maximum Gasteiger partial charge on any atom is 0.416 e. The molecule has 1 N–H and O–H groups in total.